The smallest absolute Gasteiger partial charge is 0.326 e. The highest BCUT2D eigenvalue weighted by Crippen LogP contribution is 2.26. The zero-order valence-electron chi connectivity index (χ0n) is 10.9. The second-order valence-electron chi connectivity index (χ2n) is 4.70. The van der Waals surface area contributed by atoms with E-state index in [0.717, 1.165) is 10.0 Å². The van der Waals surface area contributed by atoms with Crippen molar-refractivity contribution in [1.29, 1.82) is 0 Å². The maximum Gasteiger partial charge on any atom is 0.390 e. The number of halogens is 4. The summed E-state index contributed by atoms with van der Waals surface area (Å²) in [5.41, 5.74) is 6.83. The topological polar surface area (TPSA) is 29.3 Å². The average molecular weight is 339 g/mol. The summed E-state index contributed by atoms with van der Waals surface area (Å²) >= 11 is 3.33. The van der Waals surface area contributed by atoms with Crippen molar-refractivity contribution < 1.29 is 13.2 Å². The van der Waals surface area contributed by atoms with Crippen molar-refractivity contribution in [3.8, 4) is 0 Å². The van der Waals surface area contributed by atoms with Crippen LogP contribution in [0.2, 0.25) is 0 Å². The van der Waals surface area contributed by atoms with E-state index in [4.69, 9.17) is 5.73 Å². The first-order valence-corrected chi connectivity index (χ1v) is 6.78. The summed E-state index contributed by atoms with van der Waals surface area (Å²) in [6.07, 6.45) is -4.97. The first kappa shape index (κ1) is 16.5. The van der Waals surface area contributed by atoms with Crippen molar-refractivity contribution in [3.63, 3.8) is 0 Å². The summed E-state index contributed by atoms with van der Waals surface area (Å²) in [6, 6.07) is 7.00. The maximum absolute atomic E-state index is 12.3. The lowest BCUT2D eigenvalue weighted by Gasteiger charge is -2.31. The van der Waals surface area contributed by atoms with Gasteiger partial charge in [-0.1, -0.05) is 28.1 Å². The Bertz CT molecular complexity index is 390. The standard InChI is InChI=1S/C13H18BrF3N2/c1-9(18)12(10-3-5-11(14)6-4-10)19(2)8-7-13(15,16)17/h3-6,9,12H,7-8,18H2,1-2H3. The molecule has 2 unspecified atom stereocenters. The highest BCUT2D eigenvalue weighted by molar-refractivity contribution is 9.10. The van der Waals surface area contributed by atoms with Gasteiger partial charge in [0.2, 0.25) is 0 Å². The Balaban J connectivity index is 2.80. The monoisotopic (exact) mass is 338 g/mol. The van der Waals surface area contributed by atoms with E-state index in [1.54, 1.807) is 18.9 Å². The van der Waals surface area contributed by atoms with Crippen LogP contribution in [0.1, 0.15) is 24.9 Å². The molecule has 0 fully saturated rings. The molecule has 1 aromatic rings. The minimum atomic E-state index is -4.14. The van der Waals surface area contributed by atoms with Gasteiger partial charge in [0.15, 0.2) is 0 Å². The van der Waals surface area contributed by atoms with Gasteiger partial charge < -0.3 is 5.73 Å². The number of benzene rings is 1. The summed E-state index contributed by atoms with van der Waals surface area (Å²) in [6.45, 7) is 1.74. The molecule has 0 aliphatic rings. The van der Waals surface area contributed by atoms with Gasteiger partial charge in [-0.3, -0.25) is 4.90 Å². The fraction of sp³-hybridized carbons (Fsp3) is 0.538. The van der Waals surface area contributed by atoms with Gasteiger partial charge in [-0.25, -0.2) is 0 Å². The molecule has 1 rings (SSSR count). The molecule has 1 aromatic carbocycles. The third kappa shape index (κ3) is 5.50. The number of likely N-dealkylation sites (N-methyl/N-ethyl adjacent to an activating group) is 1. The van der Waals surface area contributed by atoms with E-state index in [9.17, 15) is 13.2 Å². The molecule has 2 nitrogen and oxygen atoms in total. The molecule has 0 spiro atoms. The lowest BCUT2D eigenvalue weighted by Crippen LogP contribution is -2.38. The van der Waals surface area contributed by atoms with Crippen molar-refractivity contribution in [2.75, 3.05) is 13.6 Å². The average Bonchev–Trinajstić information content (AvgIpc) is 2.28. The number of nitrogens with two attached hydrogens (primary N) is 1. The normalized spacial score (nSPS) is 15.6. The van der Waals surface area contributed by atoms with Crippen molar-refractivity contribution in [3.05, 3.63) is 34.3 Å². The number of nitrogens with zero attached hydrogens (tertiary/aromatic N) is 1. The van der Waals surface area contributed by atoms with E-state index in [-0.39, 0.29) is 18.6 Å². The van der Waals surface area contributed by atoms with Crippen LogP contribution in [0, 0.1) is 0 Å². The van der Waals surface area contributed by atoms with Crippen molar-refractivity contribution in [2.45, 2.75) is 31.6 Å². The van der Waals surface area contributed by atoms with E-state index in [0.29, 0.717) is 0 Å². The Kier molecular flexibility index (Phi) is 5.82. The van der Waals surface area contributed by atoms with Crippen LogP contribution in [-0.2, 0) is 0 Å². The fourth-order valence-corrected chi connectivity index (χ4v) is 2.33. The second-order valence-corrected chi connectivity index (χ2v) is 5.62. The lowest BCUT2D eigenvalue weighted by molar-refractivity contribution is -0.138. The van der Waals surface area contributed by atoms with Gasteiger partial charge in [-0.05, 0) is 31.7 Å². The molecule has 6 heteroatoms. The molecule has 0 heterocycles. The SMILES string of the molecule is CC(N)C(c1ccc(Br)cc1)N(C)CCC(F)(F)F. The zero-order chi connectivity index (χ0) is 14.6. The highest BCUT2D eigenvalue weighted by Gasteiger charge is 2.29. The van der Waals surface area contributed by atoms with Gasteiger partial charge in [0, 0.05) is 23.1 Å². The number of hydrogen-bond donors (Lipinski definition) is 1. The summed E-state index contributed by atoms with van der Waals surface area (Å²) < 4.78 is 37.7. The summed E-state index contributed by atoms with van der Waals surface area (Å²) in [5, 5.41) is 0. The minimum Gasteiger partial charge on any atom is -0.326 e. The Labute approximate surface area is 119 Å². The van der Waals surface area contributed by atoms with Crippen molar-refractivity contribution >= 4 is 15.9 Å². The molecule has 0 aliphatic heterocycles. The van der Waals surface area contributed by atoms with Crippen LogP contribution in [0.25, 0.3) is 0 Å². The van der Waals surface area contributed by atoms with Crippen LogP contribution >= 0.6 is 15.9 Å². The van der Waals surface area contributed by atoms with E-state index < -0.39 is 12.6 Å². The molecule has 0 radical (unpaired) electrons. The molecule has 0 amide bonds. The van der Waals surface area contributed by atoms with Crippen LogP contribution in [-0.4, -0.2) is 30.7 Å². The molecule has 2 N–H and O–H groups in total. The third-order valence-electron chi connectivity index (χ3n) is 2.93. The summed E-state index contributed by atoms with van der Waals surface area (Å²) in [7, 11) is 1.67. The maximum atomic E-state index is 12.3. The van der Waals surface area contributed by atoms with Gasteiger partial charge in [-0.2, -0.15) is 13.2 Å². The van der Waals surface area contributed by atoms with Gasteiger partial charge >= 0.3 is 6.18 Å². The van der Waals surface area contributed by atoms with Crippen LogP contribution < -0.4 is 5.73 Å². The largest absolute Gasteiger partial charge is 0.390 e. The second kappa shape index (κ2) is 6.72. The number of rotatable bonds is 5. The summed E-state index contributed by atoms with van der Waals surface area (Å²) in [5.74, 6) is 0. The fourth-order valence-electron chi connectivity index (χ4n) is 2.06. The highest BCUT2D eigenvalue weighted by atomic mass is 79.9. The van der Waals surface area contributed by atoms with E-state index >= 15 is 0 Å². The molecular formula is C13H18BrF3N2. The molecule has 0 aromatic heterocycles. The molecular weight excluding hydrogens is 321 g/mol. The molecule has 2 atom stereocenters. The number of alkyl halides is 3. The molecule has 0 saturated heterocycles. The van der Waals surface area contributed by atoms with Gasteiger partial charge in [-0.15, -0.1) is 0 Å². The Morgan fingerprint density at radius 3 is 2.21 bits per heavy atom. The molecule has 0 saturated carbocycles. The predicted molar refractivity (Wildman–Crippen MR) is 73.8 cm³/mol. The van der Waals surface area contributed by atoms with Gasteiger partial charge in [0.1, 0.15) is 0 Å². The van der Waals surface area contributed by atoms with Crippen LogP contribution in [0.3, 0.4) is 0 Å². The quantitative estimate of drug-likeness (QED) is 0.886. The Morgan fingerprint density at radius 2 is 1.79 bits per heavy atom. The minimum absolute atomic E-state index is 0.0637. The Morgan fingerprint density at radius 1 is 1.26 bits per heavy atom. The molecule has 108 valence electrons. The molecule has 0 aliphatic carbocycles. The van der Waals surface area contributed by atoms with E-state index in [2.05, 4.69) is 15.9 Å². The number of hydrogen-bond acceptors (Lipinski definition) is 2. The van der Waals surface area contributed by atoms with Crippen LogP contribution in [0.4, 0.5) is 13.2 Å². The van der Waals surface area contributed by atoms with Crippen molar-refractivity contribution in [1.82, 2.24) is 4.90 Å². The zero-order valence-corrected chi connectivity index (χ0v) is 12.5. The van der Waals surface area contributed by atoms with E-state index in [1.165, 1.54) is 0 Å². The first-order chi connectivity index (χ1) is 8.70. The van der Waals surface area contributed by atoms with Gasteiger partial charge in [0.05, 0.1) is 6.42 Å². The lowest BCUT2D eigenvalue weighted by atomic mass is 9.99. The van der Waals surface area contributed by atoms with Crippen LogP contribution in [0.15, 0.2) is 28.7 Å². The van der Waals surface area contributed by atoms with Gasteiger partial charge in [0.25, 0.3) is 0 Å². The first-order valence-electron chi connectivity index (χ1n) is 5.99. The summed E-state index contributed by atoms with van der Waals surface area (Å²) in [4.78, 5) is 1.65. The van der Waals surface area contributed by atoms with E-state index in [1.807, 2.05) is 24.3 Å². The Hall–Kier alpha value is -0.590. The molecule has 0 bridgehead atoms. The predicted octanol–water partition coefficient (Wildman–Crippen LogP) is 3.72. The third-order valence-corrected chi connectivity index (χ3v) is 3.46. The molecule has 19 heavy (non-hydrogen) atoms. The van der Waals surface area contributed by atoms with Crippen LogP contribution in [0.5, 0.6) is 0 Å². The van der Waals surface area contributed by atoms with Crippen molar-refractivity contribution in [2.24, 2.45) is 5.73 Å².